The predicted molar refractivity (Wildman–Crippen MR) is 125 cm³/mol. The Morgan fingerprint density at radius 2 is 1.97 bits per heavy atom. The van der Waals surface area contributed by atoms with Crippen molar-refractivity contribution in [3.8, 4) is 17.1 Å². The lowest BCUT2D eigenvalue weighted by atomic mass is 10.1. The normalized spacial score (nSPS) is 15.7. The fourth-order valence-corrected chi connectivity index (χ4v) is 4.42. The highest BCUT2D eigenvalue weighted by molar-refractivity contribution is 6.04. The molecule has 2 aliphatic rings. The SMILES string of the molecule is Cc1ccc(-c2nnc3n2CCCCC3)cc1NC(=O)CN1C(=O)CCOc2ccccc21. The van der Waals surface area contributed by atoms with Crippen LogP contribution in [0.3, 0.4) is 0 Å². The van der Waals surface area contributed by atoms with E-state index in [0.29, 0.717) is 23.7 Å². The Morgan fingerprint density at radius 3 is 2.88 bits per heavy atom. The van der Waals surface area contributed by atoms with E-state index >= 15 is 0 Å². The Kier molecular flexibility index (Phi) is 5.81. The van der Waals surface area contributed by atoms with Gasteiger partial charge in [-0.2, -0.15) is 0 Å². The first kappa shape index (κ1) is 21.2. The number of aryl methyl sites for hydroxylation is 2. The Labute approximate surface area is 192 Å². The minimum absolute atomic E-state index is 0.0802. The van der Waals surface area contributed by atoms with E-state index in [1.807, 2.05) is 43.3 Å². The third-order valence-electron chi connectivity index (χ3n) is 6.21. The second-order valence-corrected chi connectivity index (χ2v) is 8.53. The number of benzene rings is 2. The molecule has 1 aromatic heterocycles. The van der Waals surface area contributed by atoms with Gasteiger partial charge < -0.3 is 14.6 Å². The molecule has 170 valence electrons. The summed E-state index contributed by atoms with van der Waals surface area (Å²) in [5.41, 5.74) is 3.18. The zero-order valence-corrected chi connectivity index (χ0v) is 18.7. The molecule has 0 aliphatic carbocycles. The third kappa shape index (κ3) is 4.33. The van der Waals surface area contributed by atoms with Crippen molar-refractivity contribution in [3.05, 3.63) is 53.9 Å². The summed E-state index contributed by atoms with van der Waals surface area (Å²) in [4.78, 5) is 27.1. The molecule has 0 spiro atoms. The highest BCUT2D eigenvalue weighted by Crippen LogP contribution is 2.31. The summed E-state index contributed by atoms with van der Waals surface area (Å²) in [6.45, 7) is 3.08. The number of nitrogens with zero attached hydrogens (tertiary/aromatic N) is 4. The van der Waals surface area contributed by atoms with Gasteiger partial charge in [-0.15, -0.1) is 10.2 Å². The van der Waals surface area contributed by atoms with E-state index in [1.54, 1.807) is 6.07 Å². The Morgan fingerprint density at radius 1 is 1.09 bits per heavy atom. The van der Waals surface area contributed by atoms with Gasteiger partial charge in [0.1, 0.15) is 18.1 Å². The van der Waals surface area contributed by atoms with E-state index in [1.165, 1.54) is 11.3 Å². The van der Waals surface area contributed by atoms with Crippen molar-refractivity contribution >= 4 is 23.2 Å². The van der Waals surface area contributed by atoms with E-state index in [9.17, 15) is 9.59 Å². The number of carbonyl (C=O) groups excluding carboxylic acids is 2. The van der Waals surface area contributed by atoms with E-state index < -0.39 is 0 Å². The first-order valence-corrected chi connectivity index (χ1v) is 11.5. The van der Waals surface area contributed by atoms with Gasteiger partial charge >= 0.3 is 0 Å². The molecular formula is C25H27N5O3. The summed E-state index contributed by atoms with van der Waals surface area (Å²) in [5, 5.41) is 11.8. The summed E-state index contributed by atoms with van der Waals surface area (Å²) < 4.78 is 7.86. The van der Waals surface area contributed by atoms with Crippen LogP contribution in [0.5, 0.6) is 5.75 Å². The lowest BCUT2D eigenvalue weighted by molar-refractivity contribution is -0.121. The molecule has 8 heteroatoms. The molecule has 2 aliphatic heterocycles. The Bertz CT molecular complexity index is 1200. The van der Waals surface area contributed by atoms with Crippen LogP contribution in [-0.4, -0.2) is 39.7 Å². The number of anilines is 2. The number of hydrogen-bond acceptors (Lipinski definition) is 5. The molecule has 3 aromatic rings. The lowest BCUT2D eigenvalue weighted by Crippen LogP contribution is -2.37. The quantitative estimate of drug-likeness (QED) is 0.661. The molecule has 2 aromatic carbocycles. The molecular weight excluding hydrogens is 418 g/mol. The van der Waals surface area contributed by atoms with Crippen molar-refractivity contribution in [2.45, 2.75) is 45.6 Å². The molecule has 0 saturated heterocycles. The van der Waals surface area contributed by atoms with Gasteiger partial charge in [-0.3, -0.25) is 14.5 Å². The third-order valence-corrected chi connectivity index (χ3v) is 6.21. The van der Waals surface area contributed by atoms with Crippen LogP contribution in [0, 0.1) is 6.92 Å². The molecule has 0 radical (unpaired) electrons. The van der Waals surface area contributed by atoms with Crippen LogP contribution >= 0.6 is 0 Å². The topological polar surface area (TPSA) is 89.4 Å². The maximum absolute atomic E-state index is 13.0. The average molecular weight is 446 g/mol. The smallest absolute Gasteiger partial charge is 0.244 e. The fraction of sp³-hybridized carbons (Fsp3) is 0.360. The minimum Gasteiger partial charge on any atom is -0.491 e. The van der Waals surface area contributed by atoms with Crippen LogP contribution < -0.4 is 15.0 Å². The second-order valence-electron chi connectivity index (χ2n) is 8.53. The number of aromatic nitrogens is 3. The number of rotatable bonds is 4. The molecule has 3 heterocycles. The zero-order chi connectivity index (χ0) is 22.8. The summed E-state index contributed by atoms with van der Waals surface area (Å²) in [6.07, 6.45) is 4.62. The lowest BCUT2D eigenvalue weighted by Gasteiger charge is -2.21. The Hall–Kier alpha value is -3.68. The van der Waals surface area contributed by atoms with E-state index in [-0.39, 0.29) is 24.8 Å². The van der Waals surface area contributed by atoms with Crippen LogP contribution in [0.4, 0.5) is 11.4 Å². The number of hydrogen-bond donors (Lipinski definition) is 1. The van der Waals surface area contributed by atoms with E-state index in [0.717, 1.165) is 48.6 Å². The van der Waals surface area contributed by atoms with Gasteiger partial charge in [-0.1, -0.05) is 30.7 Å². The summed E-state index contributed by atoms with van der Waals surface area (Å²) in [5.74, 6) is 2.07. The van der Waals surface area contributed by atoms with Gasteiger partial charge in [0, 0.05) is 24.2 Å². The van der Waals surface area contributed by atoms with Crippen molar-refractivity contribution < 1.29 is 14.3 Å². The molecule has 0 bridgehead atoms. The minimum atomic E-state index is -0.264. The van der Waals surface area contributed by atoms with Crippen molar-refractivity contribution in [1.29, 1.82) is 0 Å². The number of carbonyl (C=O) groups is 2. The average Bonchev–Trinajstić information content (AvgIpc) is 2.97. The van der Waals surface area contributed by atoms with Crippen molar-refractivity contribution in [3.63, 3.8) is 0 Å². The molecule has 8 nitrogen and oxygen atoms in total. The first-order chi connectivity index (χ1) is 16.1. The molecule has 0 atom stereocenters. The van der Waals surface area contributed by atoms with E-state index in [4.69, 9.17) is 4.74 Å². The van der Waals surface area contributed by atoms with Crippen LogP contribution in [0.1, 0.15) is 37.1 Å². The van der Waals surface area contributed by atoms with Crippen molar-refractivity contribution in [2.24, 2.45) is 0 Å². The van der Waals surface area contributed by atoms with Gasteiger partial charge in [0.05, 0.1) is 18.7 Å². The fourth-order valence-electron chi connectivity index (χ4n) is 4.42. The standard InChI is InChI=1S/C25H27N5O3/c1-17-10-11-18(25-28-27-22-9-3-2-6-13-29(22)25)15-19(17)26-23(31)16-30-20-7-4-5-8-21(20)33-14-12-24(30)32/h4-5,7-8,10-11,15H,2-3,6,9,12-14,16H2,1H3,(H,26,31). The maximum Gasteiger partial charge on any atom is 0.244 e. The van der Waals surface area contributed by atoms with Crippen LogP contribution in [0.25, 0.3) is 11.4 Å². The number of ether oxygens (including phenoxy) is 1. The van der Waals surface area contributed by atoms with Gasteiger partial charge in [-0.25, -0.2) is 0 Å². The van der Waals surface area contributed by atoms with Crippen LogP contribution in [0.2, 0.25) is 0 Å². The van der Waals surface area contributed by atoms with Crippen LogP contribution in [-0.2, 0) is 22.6 Å². The number of nitrogens with one attached hydrogen (secondary N) is 1. The highest BCUT2D eigenvalue weighted by atomic mass is 16.5. The largest absolute Gasteiger partial charge is 0.491 e. The highest BCUT2D eigenvalue weighted by Gasteiger charge is 2.25. The van der Waals surface area contributed by atoms with Crippen molar-refractivity contribution in [1.82, 2.24) is 14.8 Å². The molecule has 0 unspecified atom stereocenters. The van der Waals surface area contributed by atoms with Gasteiger partial charge in [0.15, 0.2) is 5.82 Å². The van der Waals surface area contributed by atoms with Crippen LogP contribution in [0.15, 0.2) is 42.5 Å². The summed E-state index contributed by atoms with van der Waals surface area (Å²) in [7, 11) is 0. The summed E-state index contributed by atoms with van der Waals surface area (Å²) in [6, 6.07) is 13.2. The van der Waals surface area contributed by atoms with Gasteiger partial charge in [0.2, 0.25) is 11.8 Å². The molecule has 33 heavy (non-hydrogen) atoms. The zero-order valence-electron chi connectivity index (χ0n) is 18.7. The maximum atomic E-state index is 13.0. The summed E-state index contributed by atoms with van der Waals surface area (Å²) >= 11 is 0. The Balaban J connectivity index is 1.37. The second kappa shape index (κ2) is 9.05. The molecule has 2 amide bonds. The number of amides is 2. The molecule has 5 rings (SSSR count). The first-order valence-electron chi connectivity index (χ1n) is 11.5. The van der Waals surface area contributed by atoms with E-state index in [2.05, 4.69) is 20.1 Å². The van der Waals surface area contributed by atoms with Gasteiger partial charge in [-0.05, 0) is 43.5 Å². The van der Waals surface area contributed by atoms with Gasteiger partial charge in [0.25, 0.3) is 0 Å². The number of fused-ring (bicyclic) bond motifs is 2. The molecule has 0 fully saturated rings. The van der Waals surface area contributed by atoms with Crippen molar-refractivity contribution in [2.75, 3.05) is 23.4 Å². The molecule has 1 N–H and O–H groups in total. The molecule has 0 saturated carbocycles. The monoisotopic (exact) mass is 445 g/mol. The predicted octanol–water partition coefficient (Wildman–Crippen LogP) is 3.73. The number of para-hydroxylation sites is 2.